The van der Waals surface area contributed by atoms with Crippen LogP contribution in [-0.2, 0) is 25.2 Å². The number of fused-ring (bicyclic) bond motifs is 2. The molecule has 4 atom stereocenters. The minimum Gasteiger partial charge on any atom is -0.467 e. The Hall–Kier alpha value is -4.77. The number of hydrogen-bond acceptors (Lipinski definition) is 12. The van der Waals surface area contributed by atoms with E-state index in [1.165, 1.54) is 0 Å². The lowest BCUT2D eigenvalue weighted by Gasteiger charge is -2.22. The Kier molecular flexibility index (Phi) is 9.31. The molecule has 17 heteroatoms. The summed E-state index contributed by atoms with van der Waals surface area (Å²) >= 11 is 0. The van der Waals surface area contributed by atoms with Gasteiger partial charge in [0.1, 0.15) is 16.8 Å². The van der Waals surface area contributed by atoms with Gasteiger partial charge in [0.2, 0.25) is 5.43 Å². The molecule has 2 amide bonds. The van der Waals surface area contributed by atoms with E-state index in [0.29, 0.717) is 6.07 Å². The summed E-state index contributed by atoms with van der Waals surface area (Å²) in [6, 6.07) is -2.06. The van der Waals surface area contributed by atoms with Gasteiger partial charge in [-0.3, -0.25) is 14.4 Å². The Morgan fingerprint density at radius 3 is 1.95 bits per heavy atom. The van der Waals surface area contributed by atoms with Gasteiger partial charge < -0.3 is 40.5 Å². The lowest BCUT2D eigenvalue weighted by Crippen LogP contribution is -2.48. The Bertz CT molecular complexity index is 1630. The SMILES string of the molecule is COC(=O)[C@@H](NC(=O)c1c2nc3c(C(=O)N[C@H](C(=O)OC)[C@@H](C)O)ccc(C(F)(F)F)c3oc-2c(C)c(=O)c1N)[C@@H](C)O. The molecule has 2 aliphatic rings. The van der Waals surface area contributed by atoms with Gasteiger partial charge in [-0.25, -0.2) is 14.6 Å². The van der Waals surface area contributed by atoms with Gasteiger partial charge in [0.05, 0.1) is 43.2 Å². The number of methoxy groups -OCH3 is 2. The first kappa shape index (κ1) is 32.7. The van der Waals surface area contributed by atoms with Gasteiger partial charge in [-0.15, -0.1) is 0 Å². The number of aliphatic hydroxyl groups is 2. The molecular formula is C26H27F3N4O10. The summed E-state index contributed by atoms with van der Waals surface area (Å²) < 4.78 is 56.6. The first-order valence-electron chi connectivity index (χ1n) is 12.4. The maximum atomic E-state index is 14.0. The third kappa shape index (κ3) is 6.21. The van der Waals surface area contributed by atoms with Gasteiger partial charge in [-0.1, -0.05) is 0 Å². The number of esters is 2. The average molecular weight is 613 g/mol. The smallest absolute Gasteiger partial charge is 0.420 e. The molecule has 0 saturated carbocycles. The van der Waals surface area contributed by atoms with Crippen LogP contribution in [0, 0.1) is 6.92 Å². The van der Waals surface area contributed by atoms with E-state index in [9.17, 15) is 47.4 Å². The lowest BCUT2D eigenvalue weighted by molar-refractivity contribution is -0.146. The second-order valence-electron chi connectivity index (χ2n) is 9.40. The molecule has 0 fully saturated rings. The second-order valence-corrected chi connectivity index (χ2v) is 9.40. The van der Waals surface area contributed by atoms with E-state index in [2.05, 4.69) is 25.1 Å². The molecule has 1 aliphatic heterocycles. The summed E-state index contributed by atoms with van der Waals surface area (Å²) in [5.41, 5.74) is -1.19. The van der Waals surface area contributed by atoms with Crippen LogP contribution in [0.25, 0.3) is 22.6 Å². The minimum absolute atomic E-state index is 0.332. The zero-order valence-electron chi connectivity index (χ0n) is 23.3. The molecule has 0 radical (unpaired) electrons. The molecule has 3 rings (SSSR count). The number of halogens is 3. The van der Waals surface area contributed by atoms with Crippen molar-refractivity contribution in [1.82, 2.24) is 15.6 Å². The first-order chi connectivity index (χ1) is 20.0. The molecule has 0 unspecified atom stereocenters. The first-order valence-corrected chi connectivity index (χ1v) is 12.4. The van der Waals surface area contributed by atoms with Crippen molar-refractivity contribution in [1.29, 1.82) is 0 Å². The highest BCUT2D eigenvalue weighted by molar-refractivity contribution is 6.09. The van der Waals surface area contributed by atoms with Gasteiger partial charge >= 0.3 is 18.1 Å². The number of nitrogen functional groups attached to an aromatic ring is 1. The number of nitrogens with two attached hydrogens (primary N) is 1. The Morgan fingerprint density at radius 1 is 0.977 bits per heavy atom. The topological polar surface area (TPSA) is 220 Å². The number of rotatable bonds is 8. The molecule has 0 saturated heterocycles. The minimum atomic E-state index is -5.05. The molecule has 0 spiro atoms. The van der Waals surface area contributed by atoms with Crippen LogP contribution in [0.5, 0.6) is 0 Å². The number of nitrogens with one attached hydrogen (secondary N) is 2. The van der Waals surface area contributed by atoms with E-state index in [1.54, 1.807) is 0 Å². The van der Waals surface area contributed by atoms with Crippen LogP contribution in [0.15, 0.2) is 21.3 Å². The second kappa shape index (κ2) is 12.2. The summed E-state index contributed by atoms with van der Waals surface area (Å²) in [5, 5.41) is 24.2. The van der Waals surface area contributed by atoms with E-state index < -0.39 is 105 Å². The highest BCUT2D eigenvalue weighted by Gasteiger charge is 2.38. The zero-order chi connectivity index (χ0) is 32.5. The largest absolute Gasteiger partial charge is 0.467 e. The molecule has 1 aliphatic carbocycles. The van der Waals surface area contributed by atoms with Gasteiger partial charge in [-0.2, -0.15) is 13.2 Å². The molecular weight excluding hydrogens is 585 g/mol. The van der Waals surface area contributed by atoms with Crippen molar-refractivity contribution in [2.75, 3.05) is 20.0 Å². The van der Waals surface area contributed by atoms with Crippen LogP contribution in [-0.4, -0.2) is 77.5 Å². The monoisotopic (exact) mass is 612 g/mol. The van der Waals surface area contributed by atoms with Crippen LogP contribution in [0.4, 0.5) is 18.9 Å². The molecule has 0 aromatic heterocycles. The quantitative estimate of drug-likeness (QED) is 0.133. The Balaban J connectivity index is 2.40. The van der Waals surface area contributed by atoms with E-state index in [1.807, 2.05) is 0 Å². The molecule has 0 bridgehead atoms. The number of aromatic nitrogens is 1. The number of ether oxygens (including phenoxy) is 2. The Morgan fingerprint density at radius 2 is 1.49 bits per heavy atom. The van der Waals surface area contributed by atoms with Crippen LogP contribution in [0.1, 0.15) is 45.7 Å². The predicted octanol–water partition coefficient (Wildman–Crippen LogP) is 0.507. The lowest BCUT2D eigenvalue weighted by atomic mass is 9.99. The van der Waals surface area contributed by atoms with Crippen LogP contribution in [0.2, 0.25) is 0 Å². The zero-order valence-corrected chi connectivity index (χ0v) is 23.3. The Labute approximate surface area is 240 Å². The van der Waals surface area contributed by atoms with Crippen LogP contribution >= 0.6 is 0 Å². The third-order valence-electron chi connectivity index (χ3n) is 6.43. The maximum absolute atomic E-state index is 14.0. The van der Waals surface area contributed by atoms with Crippen LogP contribution in [0.3, 0.4) is 0 Å². The van der Waals surface area contributed by atoms with Crippen molar-refractivity contribution in [2.45, 2.75) is 51.2 Å². The summed E-state index contributed by atoms with van der Waals surface area (Å²) in [4.78, 5) is 67.7. The fourth-order valence-corrected chi connectivity index (χ4v) is 4.14. The summed E-state index contributed by atoms with van der Waals surface area (Å²) in [5.74, 6) is -5.17. The van der Waals surface area contributed by atoms with Crippen molar-refractivity contribution in [2.24, 2.45) is 0 Å². The van der Waals surface area contributed by atoms with Crippen molar-refractivity contribution >= 4 is 40.5 Å². The average Bonchev–Trinajstić information content (AvgIpc) is 2.94. The van der Waals surface area contributed by atoms with E-state index in [4.69, 9.17) is 10.2 Å². The molecule has 1 heterocycles. The molecule has 232 valence electrons. The highest BCUT2D eigenvalue weighted by Crippen LogP contribution is 2.40. The number of anilines is 1. The molecule has 43 heavy (non-hydrogen) atoms. The molecule has 6 N–H and O–H groups in total. The number of carbonyl (C=O) groups is 4. The van der Waals surface area contributed by atoms with Crippen molar-refractivity contribution < 1.29 is 56.5 Å². The number of amides is 2. The summed E-state index contributed by atoms with van der Waals surface area (Å²) in [7, 11) is 1.96. The third-order valence-corrected chi connectivity index (χ3v) is 6.43. The van der Waals surface area contributed by atoms with Gasteiger partial charge in [0.15, 0.2) is 23.4 Å². The van der Waals surface area contributed by atoms with Gasteiger partial charge in [0, 0.05) is 5.56 Å². The fourth-order valence-electron chi connectivity index (χ4n) is 4.14. The van der Waals surface area contributed by atoms with Crippen LogP contribution < -0.4 is 21.8 Å². The van der Waals surface area contributed by atoms with Crippen molar-refractivity contribution in [3.63, 3.8) is 0 Å². The standard InChI is InChI=1S/C26H27F3N4O10/c1-8-19(36)14(30)13(23(38)33-16(10(3)35)25(40)42-5)18-20(8)43-21-12(26(27,28)29)7-6-11(17(21)31-18)22(37)32-15(9(2)34)24(39)41-4/h6-7,9-10,15-16,34-35H,30H2,1-5H3,(H,32,37)(H,33,38)/t9-,10-,15+,16+/m1/s1. The number of carbonyl (C=O) groups excluding carboxylic acids is 4. The van der Waals surface area contributed by atoms with E-state index in [0.717, 1.165) is 41.1 Å². The predicted molar refractivity (Wildman–Crippen MR) is 141 cm³/mol. The van der Waals surface area contributed by atoms with Crippen molar-refractivity contribution in [3.8, 4) is 11.5 Å². The molecule has 14 nitrogen and oxygen atoms in total. The van der Waals surface area contributed by atoms with Gasteiger partial charge in [-0.05, 0) is 32.9 Å². The summed E-state index contributed by atoms with van der Waals surface area (Å²) in [6.07, 6.45) is -8.03. The normalized spacial score (nSPS) is 14.5. The van der Waals surface area contributed by atoms with Gasteiger partial charge in [0.25, 0.3) is 11.8 Å². The number of hydrogen-bond donors (Lipinski definition) is 5. The number of alkyl halides is 3. The summed E-state index contributed by atoms with van der Waals surface area (Å²) in [6.45, 7) is 3.46. The van der Waals surface area contributed by atoms with Crippen molar-refractivity contribution in [3.05, 3.63) is 44.6 Å². The highest BCUT2D eigenvalue weighted by atomic mass is 19.4. The fraction of sp³-hybridized carbons (Fsp3) is 0.385. The number of benzene rings is 2. The van der Waals surface area contributed by atoms with E-state index in [-0.39, 0.29) is 5.56 Å². The van der Waals surface area contributed by atoms with E-state index >= 15 is 0 Å². The molecule has 1 aromatic rings. The number of nitrogens with zero attached hydrogens (tertiary/aromatic N) is 1. The number of aliphatic hydroxyl groups excluding tert-OH is 2. The maximum Gasteiger partial charge on any atom is 0.420 e. The molecule has 1 aromatic carbocycles.